The lowest BCUT2D eigenvalue weighted by molar-refractivity contribution is 1.04. The van der Waals surface area contributed by atoms with Gasteiger partial charge in [-0.15, -0.1) is 11.3 Å². The first kappa shape index (κ1) is 12.4. The molecule has 1 aromatic carbocycles. The van der Waals surface area contributed by atoms with E-state index in [2.05, 4.69) is 44.8 Å². The first-order valence-electron chi connectivity index (χ1n) is 6.38. The van der Waals surface area contributed by atoms with Crippen LogP contribution < -0.4 is 0 Å². The number of benzene rings is 1. The average molecular weight is 310 g/mol. The minimum Gasteiger partial charge on any atom is -0.268 e. The van der Waals surface area contributed by atoms with Gasteiger partial charge in [0.15, 0.2) is 10.6 Å². The van der Waals surface area contributed by atoms with Crippen LogP contribution in [0.25, 0.3) is 27.2 Å². The molecule has 0 unspecified atom stereocenters. The highest BCUT2D eigenvalue weighted by Gasteiger charge is 2.11. The minimum atomic E-state index is 0.580. The van der Waals surface area contributed by atoms with Crippen LogP contribution in [0.15, 0.2) is 54.2 Å². The normalized spacial score (nSPS) is 11.0. The summed E-state index contributed by atoms with van der Waals surface area (Å²) in [5.41, 5.74) is 1.98. The zero-order valence-corrected chi connectivity index (χ0v) is 12.5. The van der Waals surface area contributed by atoms with Crippen molar-refractivity contribution in [3.8, 4) is 17.1 Å². The van der Waals surface area contributed by atoms with Crippen LogP contribution in [0.3, 0.4) is 0 Å². The molecule has 0 atom stereocenters. The van der Waals surface area contributed by atoms with Crippen LogP contribution in [0.5, 0.6) is 0 Å². The molecule has 0 aliphatic rings. The molecular weight excluding hydrogens is 300 g/mol. The van der Waals surface area contributed by atoms with Crippen molar-refractivity contribution in [3.05, 3.63) is 58.9 Å². The Hall–Kier alpha value is -2.31. The van der Waals surface area contributed by atoms with Crippen LogP contribution >= 0.6 is 23.6 Å². The molecule has 6 heteroatoms. The maximum atomic E-state index is 5.39. The van der Waals surface area contributed by atoms with E-state index in [1.54, 1.807) is 23.7 Å². The molecule has 102 valence electrons. The fourth-order valence-corrected chi connectivity index (χ4v) is 3.33. The van der Waals surface area contributed by atoms with Gasteiger partial charge in [-0.1, -0.05) is 0 Å². The third-order valence-corrected chi connectivity index (χ3v) is 4.48. The maximum Gasteiger partial charge on any atom is 0.200 e. The summed E-state index contributed by atoms with van der Waals surface area (Å²) >= 11 is 7.12. The van der Waals surface area contributed by atoms with Gasteiger partial charge in [0.1, 0.15) is 0 Å². The summed E-state index contributed by atoms with van der Waals surface area (Å²) < 4.78 is 3.79. The minimum absolute atomic E-state index is 0.580. The average Bonchev–Trinajstić information content (AvgIpc) is 3.13. The van der Waals surface area contributed by atoms with Crippen LogP contribution in [0.2, 0.25) is 0 Å². The van der Waals surface area contributed by atoms with Crippen molar-refractivity contribution in [3.63, 3.8) is 0 Å². The van der Waals surface area contributed by atoms with Crippen molar-refractivity contribution in [2.75, 3.05) is 0 Å². The zero-order chi connectivity index (χ0) is 14.2. The summed E-state index contributed by atoms with van der Waals surface area (Å²) in [6.07, 6.45) is 3.50. The fourth-order valence-electron chi connectivity index (χ4n) is 2.32. The number of hydrogen-bond acceptors (Lipinski definition) is 4. The number of pyridine rings is 1. The Morgan fingerprint density at radius 3 is 2.81 bits per heavy atom. The van der Waals surface area contributed by atoms with Gasteiger partial charge in [0, 0.05) is 22.7 Å². The van der Waals surface area contributed by atoms with Gasteiger partial charge in [-0.05, 0) is 59.4 Å². The van der Waals surface area contributed by atoms with E-state index >= 15 is 0 Å². The van der Waals surface area contributed by atoms with Gasteiger partial charge in [-0.2, -0.15) is 5.10 Å². The summed E-state index contributed by atoms with van der Waals surface area (Å²) in [5.74, 6) is 0.789. The summed E-state index contributed by atoms with van der Waals surface area (Å²) in [7, 11) is 0. The smallest absolute Gasteiger partial charge is 0.200 e. The first-order valence-corrected chi connectivity index (χ1v) is 7.67. The zero-order valence-electron chi connectivity index (χ0n) is 10.9. The summed E-state index contributed by atoms with van der Waals surface area (Å²) in [5, 5.41) is 10.5. The monoisotopic (exact) mass is 310 g/mol. The quantitative estimate of drug-likeness (QED) is 0.564. The number of H-pyrrole nitrogens is 1. The molecular formula is C15H10N4S2. The number of aromatic nitrogens is 4. The molecule has 0 saturated carbocycles. The first-order chi connectivity index (χ1) is 10.3. The van der Waals surface area contributed by atoms with E-state index in [1.165, 1.54) is 10.1 Å². The molecule has 4 rings (SSSR count). The van der Waals surface area contributed by atoms with Crippen molar-refractivity contribution >= 4 is 33.6 Å². The maximum absolute atomic E-state index is 5.39. The predicted molar refractivity (Wildman–Crippen MR) is 87.4 cm³/mol. The number of aromatic amines is 1. The molecule has 3 heterocycles. The molecule has 4 nitrogen and oxygen atoms in total. The number of hydrogen-bond donors (Lipinski definition) is 1. The van der Waals surface area contributed by atoms with E-state index in [9.17, 15) is 0 Å². The molecule has 0 aliphatic carbocycles. The standard InChI is InChI=1S/C15H10N4S2/c20-15-18-17-14(10-3-6-16-7-4-10)19(15)12-1-2-13-11(9-12)5-8-21-13/h1-9H,(H,18,20). The van der Waals surface area contributed by atoms with Gasteiger partial charge in [-0.3, -0.25) is 14.6 Å². The largest absolute Gasteiger partial charge is 0.268 e. The Morgan fingerprint density at radius 2 is 1.95 bits per heavy atom. The molecule has 0 bridgehead atoms. The molecule has 4 aromatic rings. The Labute approximate surface area is 129 Å². The van der Waals surface area contributed by atoms with Gasteiger partial charge in [0.2, 0.25) is 0 Å². The van der Waals surface area contributed by atoms with Crippen molar-refractivity contribution in [2.45, 2.75) is 0 Å². The Morgan fingerprint density at radius 1 is 1.10 bits per heavy atom. The van der Waals surface area contributed by atoms with E-state index < -0.39 is 0 Å². The second-order valence-electron chi connectivity index (χ2n) is 4.57. The highest BCUT2D eigenvalue weighted by atomic mass is 32.1. The van der Waals surface area contributed by atoms with E-state index in [0.29, 0.717) is 4.77 Å². The molecule has 0 aliphatic heterocycles. The van der Waals surface area contributed by atoms with Crippen LogP contribution in [0.1, 0.15) is 0 Å². The fraction of sp³-hybridized carbons (Fsp3) is 0. The van der Waals surface area contributed by atoms with Gasteiger partial charge in [0.05, 0.1) is 5.69 Å². The third-order valence-electron chi connectivity index (χ3n) is 3.31. The third kappa shape index (κ3) is 2.09. The lowest BCUT2D eigenvalue weighted by Gasteiger charge is -2.07. The van der Waals surface area contributed by atoms with E-state index in [1.807, 2.05) is 16.7 Å². The van der Waals surface area contributed by atoms with Gasteiger partial charge in [0.25, 0.3) is 0 Å². The van der Waals surface area contributed by atoms with Crippen LogP contribution in [-0.2, 0) is 0 Å². The van der Waals surface area contributed by atoms with Crippen molar-refractivity contribution in [1.82, 2.24) is 19.7 Å². The molecule has 0 radical (unpaired) electrons. The number of rotatable bonds is 2. The highest BCUT2D eigenvalue weighted by molar-refractivity contribution is 7.71. The van der Waals surface area contributed by atoms with E-state index in [0.717, 1.165) is 17.1 Å². The number of thiophene rings is 1. The Balaban J connectivity index is 1.96. The molecule has 0 fully saturated rings. The molecule has 1 N–H and O–H groups in total. The Bertz CT molecular complexity index is 966. The summed E-state index contributed by atoms with van der Waals surface area (Å²) in [4.78, 5) is 4.04. The lowest BCUT2D eigenvalue weighted by atomic mass is 10.2. The number of nitrogens with one attached hydrogen (secondary N) is 1. The van der Waals surface area contributed by atoms with Crippen LogP contribution in [0, 0.1) is 4.77 Å². The molecule has 3 aromatic heterocycles. The van der Waals surface area contributed by atoms with Gasteiger partial charge < -0.3 is 0 Å². The SMILES string of the molecule is S=c1[nH]nc(-c2ccncc2)n1-c1ccc2sccc2c1. The van der Waals surface area contributed by atoms with E-state index in [4.69, 9.17) is 12.2 Å². The number of nitrogens with zero attached hydrogens (tertiary/aromatic N) is 3. The summed E-state index contributed by atoms with van der Waals surface area (Å²) in [6, 6.07) is 12.3. The second-order valence-corrected chi connectivity index (χ2v) is 5.90. The van der Waals surface area contributed by atoms with Crippen molar-refractivity contribution in [2.24, 2.45) is 0 Å². The predicted octanol–water partition coefficient (Wildman–Crippen LogP) is 4.21. The molecule has 0 amide bonds. The number of fused-ring (bicyclic) bond motifs is 1. The lowest BCUT2D eigenvalue weighted by Crippen LogP contribution is -1.97. The highest BCUT2D eigenvalue weighted by Crippen LogP contribution is 2.26. The Kier molecular flexibility index (Phi) is 2.90. The molecule has 0 spiro atoms. The van der Waals surface area contributed by atoms with Crippen LogP contribution in [0.4, 0.5) is 0 Å². The molecule has 21 heavy (non-hydrogen) atoms. The molecule has 0 saturated heterocycles. The second kappa shape index (κ2) is 4.91. The van der Waals surface area contributed by atoms with Crippen molar-refractivity contribution in [1.29, 1.82) is 0 Å². The van der Waals surface area contributed by atoms with Gasteiger partial charge >= 0.3 is 0 Å². The van der Waals surface area contributed by atoms with Gasteiger partial charge in [-0.25, -0.2) is 0 Å². The topological polar surface area (TPSA) is 46.5 Å². The van der Waals surface area contributed by atoms with Crippen molar-refractivity contribution < 1.29 is 0 Å². The summed E-state index contributed by atoms with van der Waals surface area (Å²) in [6.45, 7) is 0. The van der Waals surface area contributed by atoms with Crippen LogP contribution in [-0.4, -0.2) is 19.7 Å². The van der Waals surface area contributed by atoms with E-state index in [-0.39, 0.29) is 0 Å².